The van der Waals surface area contributed by atoms with E-state index in [-0.39, 0.29) is 11.1 Å². The molecule has 0 amide bonds. The molecule has 0 bridgehead atoms. The van der Waals surface area contributed by atoms with Crippen LogP contribution in [0.5, 0.6) is 0 Å². The van der Waals surface area contributed by atoms with Gasteiger partial charge in [0.1, 0.15) is 17.7 Å². The van der Waals surface area contributed by atoms with E-state index in [4.69, 9.17) is 0 Å². The quantitative estimate of drug-likeness (QED) is 0.380. The zero-order valence-corrected chi connectivity index (χ0v) is 23.1. The summed E-state index contributed by atoms with van der Waals surface area (Å²) in [5.41, 5.74) is 2.80. The van der Waals surface area contributed by atoms with Gasteiger partial charge in [0.25, 0.3) is 11.1 Å². The van der Waals surface area contributed by atoms with Gasteiger partial charge in [0.15, 0.2) is 5.82 Å². The first kappa shape index (κ1) is 28.8. The maximum absolute atomic E-state index is 14.8. The summed E-state index contributed by atoms with van der Waals surface area (Å²) in [6, 6.07) is 10.5. The monoisotopic (exact) mass is 555 g/mol. The predicted molar refractivity (Wildman–Crippen MR) is 151 cm³/mol. The van der Waals surface area contributed by atoms with Gasteiger partial charge < -0.3 is 9.88 Å². The lowest BCUT2D eigenvalue weighted by molar-refractivity contribution is 0.624. The molecule has 1 N–H and O–H groups in total. The Morgan fingerprint density at radius 3 is 2.29 bits per heavy atom. The first-order chi connectivity index (χ1) is 19.5. The minimum atomic E-state index is -0.642. The summed E-state index contributed by atoms with van der Waals surface area (Å²) < 4.78 is 31.1. The molecule has 3 aromatic heterocycles. The zero-order valence-electron chi connectivity index (χ0n) is 23.1. The van der Waals surface area contributed by atoms with E-state index in [2.05, 4.69) is 20.4 Å². The molecule has 0 saturated carbocycles. The Hall–Kier alpha value is -5.24. The van der Waals surface area contributed by atoms with Crippen LogP contribution in [0.25, 0.3) is 22.6 Å². The second-order valence-electron chi connectivity index (χ2n) is 9.50. The first-order valence-corrected chi connectivity index (χ1v) is 12.6. The van der Waals surface area contributed by atoms with Gasteiger partial charge in [0, 0.05) is 55.3 Å². The third kappa shape index (κ3) is 6.17. The Morgan fingerprint density at radius 2 is 1.61 bits per heavy atom. The molecule has 1 atom stereocenters. The van der Waals surface area contributed by atoms with Gasteiger partial charge in [-0.05, 0) is 68.3 Å². The molecule has 0 fully saturated rings. The molecule has 0 aliphatic heterocycles. The summed E-state index contributed by atoms with van der Waals surface area (Å²) in [5, 5.41) is 16.6. The van der Waals surface area contributed by atoms with Crippen LogP contribution in [0.3, 0.4) is 0 Å². The van der Waals surface area contributed by atoms with Crippen molar-refractivity contribution >= 4 is 5.69 Å². The van der Waals surface area contributed by atoms with Crippen molar-refractivity contribution in [2.75, 3.05) is 5.32 Å². The predicted octanol–water partition coefficient (Wildman–Crippen LogP) is 4.67. The fourth-order valence-electron chi connectivity index (χ4n) is 4.34. The molecule has 4 aromatic rings. The highest BCUT2D eigenvalue weighted by atomic mass is 19.1. The van der Waals surface area contributed by atoms with E-state index in [1.54, 1.807) is 40.9 Å². The molecule has 4 rings (SSSR count). The highest BCUT2D eigenvalue weighted by Crippen LogP contribution is 2.26. The van der Waals surface area contributed by atoms with E-state index >= 15 is 0 Å². The average molecular weight is 556 g/mol. The molecule has 41 heavy (non-hydrogen) atoms. The maximum atomic E-state index is 14.8. The summed E-state index contributed by atoms with van der Waals surface area (Å²) >= 11 is 0. The number of nitrogens with zero attached hydrogens (tertiary/aromatic N) is 6. The Bertz CT molecular complexity index is 1860. The standard InChI is InChI=1S/C30H27F2N7O2/c1-17-10-27(21-14-34-29(35-15-21)25-16-36-39(5)30(41)18(25)2)38(4)28(40)9-7-23(32)12-24(17)19(3)37-26-8-6-22(31)11-20(26)13-33/h6-12,14-16,19,37H,1-5H3/t19-/m1/s1. The number of aromatic nitrogens is 5. The summed E-state index contributed by atoms with van der Waals surface area (Å²) in [6.07, 6.45) is 4.59. The van der Waals surface area contributed by atoms with Gasteiger partial charge in [-0.3, -0.25) is 9.59 Å². The van der Waals surface area contributed by atoms with Crippen molar-refractivity contribution in [2.45, 2.75) is 26.8 Å². The Morgan fingerprint density at radius 1 is 0.951 bits per heavy atom. The molecule has 0 saturated heterocycles. The lowest BCUT2D eigenvalue weighted by Gasteiger charge is -2.18. The van der Waals surface area contributed by atoms with Gasteiger partial charge in [-0.2, -0.15) is 10.4 Å². The minimum absolute atomic E-state index is 0.111. The van der Waals surface area contributed by atoms with E-state index in [1.807, 2.05) is 6.07 Å². The Kier molecular flexibility index (Phi) is 8.33. The molecule has 0 spiro atoms. The molecule has 0 aliphatic rings. The normalized spacial score (nSPS) is 11.4. The van der Waals surface area contributed by atoms with Gasteiger partial charge in [0.2, 0.25) is 0 Å². The second kappa shape index (κ2) is 11.9. The Balaban J connectivity index is 1.85. The number of aryl methyl sites for hydroxylation is 2. The molecule has 9 nitrogen and oxygen atoms in total. The van der Waals surface area contributed by atoms with Crippen molar-refractivity contribution in [1.82, 2.24) is 24.3 Å². The van der Waals surface area contributed by atoms with E-state index in [1.165, 1.54) is 46.0 Å². The fraction of sp³-hybridized carbons (Fsp3) is 0.200. The minimum Gasteiger partial charge on any atom is -0.377 e. The highest BCUT2D eigenvalue weighted by molar-refractivity contribution is 5.63. The average Bonchev–Trinajstić information content (AvgIpc) is 2.96. The molecule has 0 aliphatic carbocycles. The summed E-state index contributed by atoms with van der Waals surface area (Å²) in [4.78, 5) is 34.0. The topological polar surface area (TPSA) is 118 Å². The first-order valence-electron chi connectivity index (χ1n) is 12.6. The molecular formula is C30H27F2N7O2. The Labute approximate surface area is 234 Å². The van der Waals surface area contributed by atoms with Crippen molar-refractivity contribution in [3.05, 3.63) is 116 Å². The lowest BCUT2D eigenvalue weighted by Crippen LogP contribution is -2.22. The van der Waals surface area contributed by atoms with Gasteiger partial charge in [-0.25, -0.2) is 23.4 Å². The van der Waals surface area contributed by atoms with Crippen LogP contribution in [0.4, 0.5) is 14.5 Å². The zero-order chi connectivity index (χ0) is 29.8. The third-order valence-corrected chi connectivity index (χ3v) is 6.69. The molecule has 11 heteroatoms. The van der Waals surface area contributed by atoms with Crippen LogP contribution >= 0.6 is 0 Å². The van der Waals surface area contributed by atoms with Crippen molar-refractivity contribution in [3.8, 4) is 28.7 Å². The van der Waals surface area contributed by atoms with E-state index in [0.29, 0.717) is 45.0 Å². The number of nitriles is 1. The molecule has 3 heterocycles. The van der Waals surface area contributed by atoms with Gasteiger partial charge >= 0.3 is 0 Å². The van der Waals surface area contributed by atoms with Crippen molar-refractivity contribution < 1.29 is 8.78 Å². The summed E-state index contributed by atoms with van der Waals surface area (Å²) in [6.45, 7) is 5.21. The highest BCUT2D eigenvalue weighted by Gasteiger charge is 2.14. The fourth-order valence-corrected chi connectivity index (χ4v) is 4.34. The van der Waals surface area contributed by atoms with E-state index in [9.17, 15) is 23.6 Å². The molecular weight excluding hydrogens is 528 g/mol. The van der Waals surface area contributed by atoms with Crippen LogP contribution in [0, 0.1) is 36.8 Å². The summed E-state index contributed by atoms with van der Waals surface area (Å²) in [7, 11) is 3.11. The van der Waals surface area contributed by atoms with Crippen LogP contribution in [0.1, 0.15) is 35.2 Å². The summed E-state index contributed by atoms with van der Waals surface area (Å²) in [5.74, 6) is -0.884. The number of benzene rings is 1. The molecule has 1 aromatic carbocycles. The van der Waals surface area contributed by atoms with Gasteiger partial charge in [0.05, 0.1) is 23.1 Å². The lowest BCUT2D eigenvalue weighted by atomic mass is 10.0. The van der Waals surface area contributed by atoms with Gasteiger partial charge in [-0.15, -0.1) is 0 Å². The number of nitrogens with one attached hydrogen (secondary N) is 1. The largest absolute Gasteiger partial charge is 0.377 e. The van der Waals surface area contributed by atoms with Crippen LogP contribution in [-0.2, 0) is 14.1 Å². The second-order valence-corrected chi connectivity index (χ2v) is 9.50. The van der Waals surface area contributed by atoms with Crippen molar-refractivity contribution in [2.24, 2.45) is 14.1 Å². The number of rotatable bonds is 5. The third-order valence-electron chi connectivity index (χ3n) is 6.69. The van der Waals surface area contributed by atoms with Crippen molar-refractivity contribution in [1.29, 1.82) is 5.26 Å². The van der Waals surface area contributed by atoms with Gasteiger partial charge in [-0.1, -0.05) is 0 Å². The number of halogens is 2. The van der Waals surface area contributed by atoms with Crippen molar-refractivity contribution in [3.63, 3.8) is 0 Å². The number of anilines is 1. The van der Waals surface area contributed by atoms with E-state index in [0.717, 1.165) is 18.2 Å². The van der Waals surface area contributed by atoms with E-state index < -0.39 is 23.2 Å². The molecule has 0 unspecified atom stereocenters. The molecule has 208 valence electrons. The smallest absolute Gasteiger partial charge is 0.270 e. The van der Waals surface area contributed by atoms with Crippen LogP contribution in [0.2, 0.25) is 0 Å². The van der Waals surface area contributed by atoms with Crippen LogP contribution < -0.4 is 16.4 Å². The number of hydrogen-bond acceptors (Lipinski definition) is 7. The molecule has 0 radical (unpaired) electrons. The van der Waals surface area contributed by atoms with Crippen LogP contribution in [0.15, 0.2) is 70.6 Å². The van der Waals surface area contributed by atoms with Crippen LogP contribution in [-0.4, -0.2) is 24.3 Å². The number of hydrogen-bond donors (Lipinski definition) is 1. The maximum Gasteiger partial charge on any atom is 0.270 e. The SMILES string of the molecule is Cc1cc(-c2cnc(-c3cnn(C)c(=O)c3C)nc2)n(C)c(=O)ccc(F)cc1[C@@H](C)Nc1ccc(F)cc1C#N.